The van der Waals surface area contributed by atoms with Crippen LogP contribution in [-0.2, 0) is 0 Å². The quantitative estimate of drug-likeness (QED) is 0.132. The van der Waals surface area contributed by atoms with E-state index in [4.69, 9.17) is 19.9 Å². The number of rotatable bonds is 9. The Kier molecular flexibility index (Phi) is 14.4. The van der Waals surface area contributed by atoms with Crippen LogP contribution in [0, 0.1) is 0 Å². The second-order valence-corrected chi connectivity index (χ2v) is 24.7. The lowest BCUT2D eigenvalue weighted by molar-refractivity contribution is 1.37. The summed E-state index contributed by atoms with van der Waals surface area (Å²) in [5.74, 6) is 0. The molecule has 8 heterocycles. The van der Waals surface area contributed by atoms with Crippen molar-refractivity contribution in [3.63, 3.8) is 0 Å². The Morgan fingerprint density at radius 1 is 0.163 bits per heavy atom. The summed E-state index contributed by atoms with van der Waals surface area (Å²) in [5, 5.41) is 8.82. The van der Waals surface area contributed by atoms with E-state index < -0.39 is 0 Å². The molecular weight excluding hydrogens is 1190 g/mol. The lowest BCUT2D eigenvalue weighted by Crippen LogP contribution is -1.89. The number of pyridine rings is 8. The van der Waals surface area contributed by atoms with Crippen LogP contribution in [0.3, 0.4) is 0 Å². The molecule has 0 N–H and O–H groups in total. The number of aromatic nitrogens is 8. The van der Waals surface area contributed by atoms with E-state index in [0.29, 0.717) is 0 Å². The zero-order valence-corrected chi connectivity index (χ0v) is 52.9. The third-order valence-corrected chi connectivity index (χ3v) is 18.7. The molecule has 0 radical (unpaired) electrons. The van der Waals surface area contributed by atoms with Gasteiger partial charge in [0.25, 0.3) is 0 Å². The lowest BCUT2D eigenvalue weighted by Gasteiger charge is -2.10. The number of hydrogen-bond acceptors (Lipinski definition) is 8. The Bertz CT molecular complexity index is 6300. The van der Waals surface area contributed by atoms with Gasteiger partial charge in [0.1, 0.15) is 0 Å². The average Bonchev–Trinajstić information content (AvgIpc) is 0.793. The maximum atomic E-state index is 5.12. The maximum Gasteiger partial charge on any atom is 0.0970 e. The Hall–Kier alpha value is -13.3. The zero-order chi connectivity index (χ0) is 64.9. The summed E-state index contributed by atoms with van der Waals surface area (Å²) >= 11 is 0. The highest BCUT2D eigenvalue weighted by Crippen LogP contribution is 2.38. The molecule has 11 aromatic carbocycles. The highest BCUT2D eigenvalue weighted by atomic mass is 14.7. The van der Waals surface area contributed by atoms with Crippen molar-refractivity contribution in [2.24, 2.45) is 0 Å². The minimum Gasteiger partial charge on any atom is -0.254 e. The molecule has 0 bridgehead atoms. The van der Waals surface area contributed by atoms with Crippen LogP contribution in [-0.4, -0.2) is 39.9 Å². The van der Waals surface area contributed by atoms with E-state index in [9.17, 15) is 0 Å². The molecule has 8 aromatic heterocycles. The van der Waals surface area contributed by atoms with Gasteiger partial charge in [0, 0.05) is 90.1 Å². The molecule has 19 rings (SSSR count). The first kappa shape index (κ1) is 57.4. The minimum atomic E-state index is 0.920. The molecule has 0 saturated carbocycles. The molecule has 0 unspecified atom stereocenters. The fraction of sp³-hybridized carbons (Fsp3) is 0. The van der Waals surface area contributed by atoms with Crippen LogP contribution in [0.5, 0.6) is 0 Å². The summed E-state index contributed by atoms with van der Waals surface area (Å²) in [6, 6.07) is 110. The van der Waals surface area contributed by atoms with Crippen LogP contribution in [0.4, 0.5) is 0 Å². The topological polar surface area (TPSA) is 103 Å². The first-order valence-electron chi connectivity index (χ1n) is 32.8. The number of fused-ring (bicyclic) bond motifs is 10. The molecule has 0 aliphatic carbocycles. The molecule has 0 atom stereocenters. The largest absolute Gasteiger partial charge is 0.254 e. The van der Waals surface area contributed by atoms with Gasteiger partial charge >= 0.3 is 0 Å². The van der Waals surface area contributed by atoms with E-state index in [0.717, 1.165) is 177 Å². The van der Waals surface area contributed by atoms with Crippen molar-refractivity contribution < 1.29 is 0 Å². The average molecular weight is 1250 g/mol. The number of benzene rings is 11. The second-order valence-electron chi connectivity index (χ2n) is 24.7. The molecule has 0 aliphatic heterocycles. The summed E-state index contributed by atoms with van der Waals surface area (Å²) in [5.41, 5.74) is 27.3. The maximum absolute atomic E-state index is 5.12. The Labute approximate surface area is 564 Å². The van der Waals surface area contributed by atoms with Crippen LogP contribution in [0.15, 0.2) is 340 Å². The summed E-state index contributed by atoms with van der Waals surface area (Å²) in [4.78, 5) is 38.7. The van der Waals surface area contributed by atoms with Gasteiger partial charge in [-0.25, -0.2) is 19.9 Å². The van der Waals surface area contributed by atoms with Gasteiger partial charge < -0.3 is 0 Å². The van der Waals surface area contributed by atoms with Crippen molar-refractivity contribution in [3.8, 4) is 101 Å². The van der Waals surface area contributed by atoms with Crippen molar-refractivity contribution >= 4 is 87.2 Å². The third-order valence-electron chi connectivity index (χ3n) is 18.7. The van der Waals surface area contributed by atoms with Crippen molar-refractivity contribution in [3.05, 3.63) is 340 Å². The van der Waals surface area contributed by atoms with E-state index in [1.165, 1.54) is 11.1 Å². The molecule has 0 amide bonds. The Morgan fingerprint density at radius 2 is 0.510 bits per heavy atom. The van der Waals surface area contributed by atoms with Gasteiger partial charge in [-0.05, 0) is 147 Å². The normalized spacial score (nSPS) is 11.5. The minimum absolute atomic E-state index is 0.920. The molecule has 98 heavy (non-hydrogen) atoms. The molecule has 8 nitrogen and oxygen atoms in total. The van der Waals surface area contributed by atoms with Gasteiger partial charge in [-0.1, -0.05) is 224 Å². The predicted octanol–water partition coefficient (Wildman–Crippen LogP) is 22.8. The monoisotopic (exact) mass is 1250 g/mol. The first-order valence-corrected chi connectivity index (χ1v) is 32.8. The van der Waals surface area contributed by atoms with Crippen LogP contribution in [0.25, 0.3) is 188 Å². The van der Waals surface area contributed by atoms with Gasteiger partial charge in [0.15, 0.2) is 0 Å². The van der Waals surface area contributed by atoms with Crippen LogP contribution in [0.1, 0.15) is 0 Å². The fourth-order valence-corrected chi connectivity index (χ4v) is 13.6. The summed E-state index contributed by atoms with van der Waals surface area (Å²) in [6.07, 6.45) is 7.39. The second kappa shape index (κ2) is 24.6. The van der Waals surface area contributed by atoms with Crippen LogP contribution >= 0.6 is 0 Å². The van der Waals surface area contributed by atoms with Crippen molar-refractivity contribution in [1.82, 2.24) is 39.9 Å². The van der Waals surface area contributed by atoms with E-state index in [-0.39, 0.29) is 0 Å². The summed E-state index contributed by atoms with van der Waals surface area (Å²) < 4.78 is 0. The molecule has 456 valence electrons. The van der Waals surface area contributed by atoms with E-state index >= 15 is 0 Å². The highest BCUT2D eigenvalue weighted by molar-refractivity contribution is 6.09. The molecular formula is C90H56N8. The van der Waals surface area contributed by atoms with Crippen molar-refractivity contribution in [2.75, 3.05) is 0 Å². The molecule has 19 aromatic rings. The van der Waals surface area contributed by atoms with E-state index in [1.54, 1.807) is 0 Å². The third kappa shape index (κ3) is 10.9. The lowest BCUT2D eigenvalue weighted by atomic mass is 9.98. The molecule has 8 heteroatoms. The highest BCUT2D eigenvalue weighted by Gasteiger charge is 2.15. The molecule has 0 fully saturated rings. The fourth-order valence-electron chi connectivity index (χ4n) is 13.6. The Balaban J connectivity index is 0.000000143. The van der Waals surface area contributed by atoms with Gasteiger partial charge in [0.05, 0.1) is 66.9 Å². The number of hydrogen-bond donors (Lipinski definition) is 0. The van der Waals surface area contributed by atoms with E-state index in [1.807, 2.05) is 61.2 Å². The van der Waals surface area contributed by atoms with Gasteiger partial charge in [-0.2, -0.15) is 0 Å². The zero-order valence-electron chi connectivity index (χ0n) is 52.9. The van der Waals surface area contributed by atoms with Gasteiger partial charge in [-0.3, -0.25) is 19.9 Å². The standard InChI is InChI=1S/C48H30N4.C42H26N4/c1-2-6-31(7-3-1)36-8-4-9-39(28-36)44-24-20-40-29-37(19-23-45(40)51-44)38-16-15-34-18-22-43(52-46(34)30-38)33-13-11-32(12-14-33)41-25-27-50-48-42(41)21-17-35-10-5-26-49-47(35)48;1-2-5-28(6-3-1)37-21-17-34-25-32(16-20-39(34)45-37)33-13-12-30-15-19-38(46-40(30)26-33)29-10-8-27(9-11-29)35-22-24-44-42-36(35)18-14-31-7-4-23-43-41(31)42/h1-30H;1-26H. The summed E-state index contributed by atoms with van der Waals surface area (Å²) in [7, 11) is 0. The van der Waals surface area contributed by atoms with Gasteiger partial charge in [0.2, 0.25) is 0 Å². The molecule has 0 saturated heterocycles. The van der Waals surface area contributed by atoms with Crippen LogP contribution in [0.2, 0.25) is 0 Å². The Morgan fingerprint density at radius 3 is 1.01 bits per heavy atom. The SMILES string of the molecule is c1ccc(-c2ccc3cc(-c4ccc5ccc(-c6ccc(-c7ccnc8c7ccc7cccnc78)cc6)nc5c4)ccc3n2)cc1.c1ccc(-c2cccc(-c3ccc4cc(-c5ccc6ccc(-c7ccc(-c8ccnc9c8ccc8cccnc89)cc7)nc6c5)ccc4n3)c2)cc1. The molecule has 0 spiro atoms. The first-order chi connectivity index (χ1) is 48.5. The molecule has 0 aliphatic rings. The number of nitrogens with zero attached hydrogens (tertiary/aromatic N) is 8. The smallest absolute Gasteiger partial charge is 0.0970 e. The summed E-state index contributed by atoms with van der Waals surface area (Å²) in [6.45, 7) is 0. The predicted molar refractivity (Wildman–Crippen MR) is 404 cm³/mol. The van der Waals surface area contributed by atoms with Crippen LogP contribution < -0.4 is 0 Å². The van der Waals surface area contributed by atoms with E-state index in [2.05, 4.69) is 299 Å². The van der Waals surface area contributed by atoms with Gasteiger partial charge in [-0.15, -0.1) is 0 Å². The van der Waals surface area contributed by atoms with Crippen molar-refractivity contribution in [1.29, 1.82) is 0 Å². The van der Waals surface area contributed by atoms with Crippen molar-refractivity contribution in [2.45, 2.75) is 0 Å².